The largest absolute Gasteiger partial charge is 0.382 e. The maximum atomic E-state index is 11.6. The van der Waals surface area contributed by atoms with Gasteiger partial charge < -0.3 is 10.6 Å². The van der Waals surface area contributed by atoms with Crippen LogP contribution in [0.15, 0.2) is 18.3 Å². The highest BCUT2D eigenvalue weighted by atomic mass is 32.2. The number of amides is 1. The molecule has 1 rings (SSSR count). The van der Waals surface area contributed by atoms with E-state index in [1.54, 1.807) is 12.3 Å². The average Bonchev–Trinajstić information content (AvgIpc) is 2.37. The first-order valence-corrected chi connectivity index (χ1v) is 7.56. The Bertz CT molecular complexity index is 384. The van der Waals surface area contributed by atoms with Crippen molar-refractivity contribution < 1.29 is 4.79 Å². The molecule has 0 aromatic carbocycles. The van der Waals surface area contributed by atoms with Gasteiger partial charge in [-0.2, -0.15) is 11.8 Å². The van der Waals surface area contributed by atoms with Crippen LogP contribution in [0.2, 0.25) is 0 Å². The zero-order chi connectivity index (χ0) is 13.4. The highest BCUT2D eigenvalue weighted by Gasteiger charge is 2.07. The standard InChI is InChI=1S/C13H21N3OS/c1-4-14-13(17)12-9-11(5-7-15-12)16-10(2)6-8-18-3/h5,7,9-10H,4,6,8H2,1-3H3,(H,14,17)(H,15,16). The Kier molecular flexibility index (Phi) is 6.57. The van der Waals surface area contributed by atoms with E-state index in [1.165, 1.54) is 0 Å². The minimum Gasteiger partial charge on any atom is -0.382 e. The molecule has 0 saturated carbocycles. The van der Waals surface area contributed by atoms with Gasteiger partial charge in [-0.25, -0.2) is 0 Å². The molecule has 1 heterocycles. The van der Waals surface area contributed by atoms with Gasteiger partial charge in [-0.15, -0.1) is 0 Å². The Labute approximate surface area is 113 Å². The summed E-state index contributed by atoms with van der Waals surface area (Å²) in [6, 6.07) is 4.07. The van der Waals surface area contributed by atoms with Gasteiger partial charge in [0.25, 0.3) is 5.91 Å². The Balaban J connectivity index is 2.61. The number of nitrogens with zero attached hydrogens (tertiary/aromatic N) is 1. The van der Waals surface area contributed by atoms with Gasteiger partial charge in [0.1, 0.15) is 5.69 Å². The SMILES string of the molecule is CCNC(=O)c1cc(NC(C)CCSC)ccn1. The Morgan fingerprint density at radius 3 is 3.00 bits per heavy atom. The molecule has 0 bridgehead atoms. The molecule has 18 heavy (non-hydrogen) atoms. The van der Waals surface area contributed by atoms with Gasteiger partial charge in [0.05, 0.1) is 0 Å². The predicted octanol–water partition coefficient (Wildman–Crippen LogP) is 2.38. The molecule has 4 nitrogen and oxygen atoms in total. The molecule has 0 radical (unpaired) electrons. The molecule has 0 fully saturated rings. The number of nitrogens with one attached hydrogen (secondary N) is 2. The first-order valence-electron chi connectivity index (χ1n) is 6.17. The average molecular weight is 267 g/mol. The zero-order valence-electron chi connectivity index (χ0n) is 11.2. The molecule has 1 aromatic rings. The first-order chi connectivity index (χ1) is 8.67. The lowest BCUT2D eigenvalue weighted by atomic mass is 10.2. The van der Waals surface area contributed by atoms with Crippen molar-refractivity contribution in [3.05, 3.63) is 24.0 Å². The molecule has 0 spiro atoms. The van der Waals surface area contributed by atoms with E-state index in [-0.39, 0.29) is 5.91 Å². The number of carbonyl (C=O) groups excluding carboxylic acids is 1. The van der Waals surface area contributed by atoms with Crippen molar-refractivity contribution in [2.24, 2.45) is 0 Å². The molecule has 1 unspecified atom stereocenters. The van der Waals surface area contributed by atoms with Crippen molar-refractivity contribution in [3.8, 4) is 0 Å². The highest BCUT2D eigenvalue weighted by Crippen LogP contribution is 2.11. The lowest BCUT2D eigenvalue weighted by Gasteiger charge is -2.15. The third-order valence-electron chi connectivity index (χ3n) is 2.50. The van der Waals surface area contributed by atoms with Gasteiger partial charge in [0.15, 0.2) is 0 Å². The first kappa shape index (κ1) is 14.8. The second-order valence-electron chi connectivity index (χ2n) is 4.12. The van der Waals surface area contributed by atoms with E-state index in [2.05, 4.69) is 28.8 Å². The minimum atomic E-state index is -0.127. The van der Waals surface area contributed by atoms with Gasteiger partial charge in [-0.05, 0) is 44.4 Å². The van der Waals surface area contributed by atoms with Gasteiger partial charge >= 0.3 is 0 Å². The lowest BCUT2D eigenvalue weighted by Crippen LogP contribution is -2.24. The van der Waals surface area contributed by atoms with Crippen molar-refractivity contribution in [1.82, 2.24) is 10.3 Å². The molecule has 1 atom stereocenters. The maximum Gasteiger partial charge on any atom is 0.269 e. The van der Waals surface area contributed by atoms with E-state index in [4.69, 9.17) is 0 Å². The van der Waals surface area contributed by atoms with Crippen LogP contribution in [0.5, 0.6) is 0 Å². The van der Waals surface area contributed by atoms with Crippen molar-refractivity contribution in [2.75, 3.05) is 23.9 Å². The fraction of sp³-hybridized carbons (Fsp3) is 0.538. The van der Waals surface area contributed by atoms with E-state index in [0.29, 0.717) is 18.3 Å². The summed E-state index contributed by atoms with van der Waals surface area (Å²) < 4.78 is 0. The molecular weight excluding hydrogens is 246 g/mol. The van der Waals surface area contributed by atoms with E-state index >= 15 is 0 Å². The highest BCUT2D eigenvalue weighted by molar-refractivity contribution is 7.98. The molecule has 0 saturated heterocycles. The molecule has 2 N–H and O–H groups in total. The minimum absolute atomic E-state index is 0.127. The number of hydrogen-bond donors (Lipinski definition) is 2. The number of anilines is 1. The Morgan fingerprint density at radius 1 is 1.56 bits per heavy atom. The van der Waals surface area contributed by atoms with Crippen molar-refractivity contribution in [1.29, 1.82) is 0 Å². The van der Waals surface area contributed by atoms with Crippen molar-refractivity contribution >= 4 is 23.4 Å². The van der Waals surface area contributed by atoms with Crippen LogP contribution in [0.3, 0.4) is 0 Å². The number of carbonyl (C=O) groups is 1. The fourth-order valence-electron chi connectivity index (χ4n) is 1.55. The van der Waals surface area contributed by atoms with Crippen LogP contribution >= 0.6 is 11.8 Å². The Morgan fingerprint density at radius 2 is 2.33 bits per heavy atom. The van der Waals surface area contributed by atoms with Crippen LogP contribution < -0.4 is 10.6 Å². The maximum absolute atomic E-state index is 11.6. The van der Waals surface area contributed by atoms with E-state index in [9.17, 15) is 4.79 Å². The summed E-state index contributed by atoms with van der Waals surface area (Å²) in [5, 5.41) is 6.12. The second kappa shape index (κ2) is 7.97. The van der Waals surface area contributed by atoms with Crippen LogP contribution in [0, 0.1) is 0 Å². The summed E-state index contributed by atoms with van der Waals surface area (Å²) >= 11 is 1.84. The number of pyridine rings is 1. The second-order valence-corrected chi connectivity index (χ2v) is 5.10. The van der Waals surface area contributed by atoms with E-state index in [1.807, 2.05) is 24.8 Å². The third kappa shape index (κ3) is 4.96. The third-order valence-corrected chi connectivity index (χ3v) is 3.14. The lowest BCUT2D eigenvalue weighted by molar-refractivity contribution is 0.0951. The summed E-state index contributed by atoms with van der Waals surface area (Å²) in [5.74, 6) is 1.00. The fourth-order valence-corrected chi connectivity index (χ4v) is 2.14. The Hall–Kier alpha value is -1.23. The molecule has 1 amide bonds. The molecule has 0 aliphatic heterocycles. The van der Waals surface area contributed by atoms with Crippen LogP contribution in [0.25, 0.3) is 0 Å². The smallest absolute Gasteiger partial charge is 0.269 e. The summed E-state index contributed by atoms with van der Waals surface area (Å²) in [6.07, 6.45) is 4.86. The quantitative estimate of drug-likeness (QED) is 0.796. The zero-order valence-corrected chi connectivity index (χ0v) is 12.0. The molecule has 0 aliphatic rings. The summed E-state index contributed by atoms with van der Waals surface area (Å²) in [6.45, 7) is 4.65. The van der Waals surface area contributed by atoms with Crippen LogP contribution in [0.4, 0.5) is 5.69 Å². The van der Waals surface area contributed by atoms with Gasteiger partial charge in [0.2, 0.25) is 0 Å². The topological polar surface area (TPSA) is 54.0 Å². The predicted molar refractivity (Wildman–Crippen MR) is 78.3 cm³/mol. The van der Waals surface area contributed by atoms with Crippen LogP contribution in [-0.4, -0.2) is 35.5 Å². The molecule has 0 aliphatic carbocycles. The van der Waals surface area contributed by atoms with Gasteiger partial charge in [0, 0.05) is 24.5 Å². The number of hydrogen-bond acceptors (Lipinski definition) is 4. The van der Waals surface area contributed by atoms with E-state index in [0.717, 1.165) is 17.9 Å². The molecule has 100 valence electrons. The van der Waals surface area contributed by atoms with Crippen molar-refractivity contribution in [3.63, 3.8) is 0 Å². The molecule has 1 aromatic heterocycles. The molecular formula is C13H21N3OS. The number of aromatic nitrogens is 1. The van der Waals surface area contributed by atoms with Crippen LogP contribution in [-0.2, 0) is 0 Å². The summed E-state index contributed by atoms with van der Waals surface area (Å²) in [5.41, 5.74) is 1.40. The van der Waals surface area contributed by atoms with Crippen LogP contribution in [0.1, 0.15) is 30.8 Å². The monoisotopic (exact) mass is 267 g/mol. The summed E-state index contributed by atoms with van der Waals surface area (Å²) in [4.78, 5) is 15.7. The van der Waals surface area contributed by atoms with Crippen molar-refractivity contribution in [2.45, 2.75) is 26.3 Å². The molecule has 5 heteroatoms. The van der Waals surface area contributed by atoms with Gasteiger partial charge in [-0.3, -0.25) is 9.78 Å². The summed E-state index contributed by atoms with van der Waals surface area (Å²) in [7, 11) is 0. The van der Waals surface area contributed by atoms with Gasteiger partial charge in [-0.1, -0.05) is 0 Å². The number of rotatable bonds is 7. The number of thioether (sulfide) groups is 1. The normalized spacial score (nSPS) is 11.9. The van der Waals surface area contributed by atoms with E-state index < -0.39 is 0 Å².